The summed E-state index contributed by atoms with van der Waals surface area (Å²) in [6.07, 6.45) is 3.11. The van der Waals surface area contributed by atoms with Crippen LogP contribution in [0.2, 0.25) is 0 Å². The minimum absolute atomic E-state index is 0.0224. The second-order valence-corrected chi connectivity index (χ2v) is 6.38. The monoisotopic (exact) mass is 263 g/mol. The van der Waals surface area contributed by atoms with Gasteiger partial charge in [-0.25, -0.2) is 0 Å². The molecule has 0 aromatic heterocycles. The van der Waals surface area contributed by atoms with Gasteiger partial charge in [0.05, 0.1) is 0 Å². The highest BCUT2D eigenvalue weighted by atomic mass is 16.5. The second kappa shape index (κ2) is 5.93. The smallest absolute Gasteiger partial charge is 0.119 e. The summed E-state index contributed by atoms with van der Waals surface area (Å²) in [5, 5.41) is 13.1. The summed E-state index contributed by atoms with van der Waals surface area (Å²) in [7, 11) is 0. The van der Waals surface area contributed by atoms with Gasteiger partial charge in [-0.3, -0.25) is 0 Å². The number of nitrogens with one attached hydrogen (secondary N) is 1. The number of rotatable bonds is 5. The van der Waals surface area contributed by atoms with Gasteiger partial charge in [0.2, 0.25) is 0 Å². The van der Waals surface area contributed by atoms with Crippen LogP contribution in [0.4, 0.5) is 0 Å². The lowest BCUT2D eigenvalue weighted by Crippen LogP contribution is -2.42. The Bertz CT molecular complexity index is 423. The van der Waals surface area contributed by atoms with Gasteiger partial charge in [-0.1, -0.05) is 6.07 Å². The molecule has 3 heteroatoms. The van der Waals surface area contributed by atoms with E-state index >= 15 is 0 Å². The number of β-amino-alcohol motifs (C(OH)–C–C–N with tert-alkyl or cyclic N) is 1. The minimum Gasteiger partial charge on any atom is -0.491 e. The number of hydrogen-bond donors (Lipinski definition) is 2. The van der Waals surface area contributed by atoms with E-state index in [4.69, 9.17) is 4.74 Å². The summed E-state index contributed by atoms with van der Waals surface area (Å²) in [5.41, 5.74) is 2.87. The molecule has 0 saturated carbocycles. The van der Waals surface area contributed by atoms with Crippen LogP contribution >= 0.6 is 0 Å². The van der Waals surface area contributed by atoms with Gasteiger partial charge in [-0.05, 0) is 63.3 Å². The molecule has 0 spiro atoms. The Morgan fingerprint density at radius 3 is 2.74 bits per heavy atom. The summed E-state index contributed by atoms with van der Waals surface area (Å²) in [6, 6.07) is 6.28. The molecular weight excluding hydrogens is 238 g/mol. The van der Waals surface area contributed by atoms with Gasteiger partial charge in [0.25, 0.3) is 0 Å². The topological polar surface area (TPSA) is 41.5 Å². The number of aryl methyl sites for hydroxylation is 2. The zero-order chi connectivity index (χ0) is 13.9. The van der Waals surface area contributed by atoms with Crippen molar-refractivity contribution >= 4 is 0 Å². The van der Waals surface area contributed by atoms with Crippen LogP contribution in [-0.4, -0.2) is 29.9 Å². The maximum atomic E-state index is 9.88. The highest BCUT2D eigenvalue weighted by Crippen LogP contribution is 2.26. The molecule has 1 aromatic carbocycles. The molecule has 0 radical (unpaired) electrons. The van der Waals surface area contributed by atoms with E-state index in [1.54, 1.807) is 0 Å². The molecule has 0 aliphatic heterocycles. The van der Waals surface area contributed by atoms with E-state index in [9.17, 15) is 5.11 Å². The summed E-state index contributed by atoms with van der Waals surface area (Å²) in [4.78, 5) is 0. The molecule has 106 valence electrons. The lowest BCUT2D eigenvalue weighted by Gasteiger charge is -2.23. The number of aliphatic hydroxyl groups is 1. The van der Waals surface area contributed by atoms with Crippen LogP contribution < -0.4 is 10.1 Å². The van der Waals surface area contributed by atoms with Gasteiger partial charge in [0.15, 0.2) is 0 Å². The van der Waals surface area contributed by atoms with Gasteiger partial charge in [-0.2, -0.15) is 0 Å². The molecule has 1 atom stereocenters. The molecule has 0 saturated heterocycles. The Balaban J connectivity index is 1.79. The van der Waals surface area contributed by atoms with Gasteiger partial charge in [0.1, 0.15) is 18.5 Å². The summed E-state index contributed by atoms with van der Waals surface area (Å²) in [6.45, 7) is 7.14. The van der Waals surface area contributed by atoms with E-state index in [0.29, 0.717) is 13.2 Å². The van der Waals surface area contributed by atoms with Crippen LogP contribution in [0, 0.1) is 0 Å². The standard InChI is InChI=1S/C16H25NO2/c1-16(2,3)17-10-14(18)11-19-15-8-7-12-5-4-6-13(12)9-15/h7-9,14,17-18H,4-6,10-11H2,1-3H3. The first kappa shape index (κ1) is 14.4. The number of ether oxygens (including phenoxy) is 1. The van der Waals surface area contributed by atoms with Gasteiger partial charge in [0, 0.05) is 12.1 Å². The van der Waals surface area contributed by atoms with Crippen LogP contribution in [0.5, 0.6) is 5.75 Å². The Morgan fingerprint density at radius 2 is 2.00 bits per heavy atom. The zero-order valence-corrected chi connectivity index (χ0v) is 12.2. The third-order valence-electron chi connectivity index (χ3n) is 3.38. The van der Waals surface area contributed by atoms with Crippen LogP contribution in [0.3, 0.4) is 0 Å². The third kappa shape index (κ3) is 4.51. The SMILES string of the molecule is CC(C)(C)NCC(O)COc1ccc2c(c1)CCC2. The number of hydrogen-bond acceptors (Lipinski definition) is 3. The fourth-order valence-electron chi connectivity index (χ4n) is 2.31. The van der Waals surface area contributed by atoms with E-state index in [2.05, 4.69) is 38.2 Å². The predicted molar refractivity (Wildman–Crippen MR) is 77.7 cm³/mol. The average molecular weight is 263 g/mol. The molecule has 1 aliphatic carbocycles. The van der Waals surface area contributed by atoms with Crippen molar-refractivity contribution in [2.75, 3.05) is 13.2 Å². The van der Waals surface area contributed by atoms with Crippen molar-refractivity contribution in [2.24, 2.45) is 0 Å². The molecule has 0 heterocycles. The Morgan fingerprint density at radius 1 is 1.26 bits per heavy atom. The maximum Gasteiger partial charge on any atom is 0.119 e. The molecule has 0 amide bonds. The fourth-order valence-corrected chi connectivity index (χ4v) is 2.31. The number of fused-ring (bicyclic) bond motifs is 1. The van der Waals surface area contributed by atoms with E-state index < -0.39 is 6.10 Å². The lowest BCUT2D eigenvalue weighted by atomic mass is 10.1. The second-order valence-electron chi connectivity index (χ2n) is 6.38. The van der Waals surface area contributed by atoms with Crippen molar-refractivity contribution in [1.29, 1.82) is 0 Å². The Hall–Kier alpha value is -1.06. The maximum absolute atomic E-state index is 9.88. The highest BCUT2D eigenvalue weighted by Gasteiger charge is 2.14. The van der Waals surface area contributed by atoms with Crippen molar-refractivity contribution in [2.45, 2.75) is 51.7 Å². The van der Waals surface area contributed by atoms with Crippen molar-refractivity contribution in [3.8, 4) is 5.75 Å². The molecule has 0 bridgehead atoms. The third-order valence-corrected chi connectivity index (χ3v) is 3.38. The molecule has 1 aromatic rings. The first-order valence-electron chi connectivity index (χ1n) is 7.12. The Kier molecular flexibility index (Phi) is 4.48. The largest absolute Gasteiger partial charge is 0.491 e. The summed E-state index contributed by atoms with van der Waals surface area (Å²) < 4.78 is 5.67. The molecule has 2 rings (SSSR count). The normalized spacial score (nSPS) is 16.2. The van der Waals surface area contributed by atoms with Gasteiger partial charge < -0.3 is 15.2 Å². The fraction of sp³-hybridized carbons (Fsp3) is 0.625. The predicted octanol–water partition coefficient (Wildman–Crippen LogP) is 2.30. The molecule has 0 fully saturated rings. The van der Waals surface area contributed by atoms with Crippen molar-refractivity contribution in [3.63, 3.8) is 0 Å². The van der Waals surface area contributed by atoms with Crippen molar-refractivity contribution in [3.05, 3.63) is 29.3 Å². The van der Waals surface area contributed by atoms with E-state index in [1.807, 2.05) is 6.07 Å². The molecular formula is C16H25NO2. The quantitative estimate of drug-likeness (QED) is 0.856. The minimum atomic E-state index is -0.479. The van der Waals surface area contributed by atoms with Crippen molar-refractivity contribution < 1.29 is 9.84 Å². The van der Waals surface area contributed by atoms with E-state index in [-0.39, 0.29) is 5.54 Å². The van der Waals surface area contributed by atoms with Crippen LogP contribution in [-0.2, 0) is 12.8 Å². The average Bonchev–Trinajstić information content (AvgIpc) is 2.80. The molecule has 1 aliphatic rings. The van der Waals surface area contributed by atoms with E-state index in [1.165, 1.54) is 24.0 Å². The van der Waals surface area contributed by atoms with Gasteiger partial charge >= 0.3 is 0 Å². The van der Waals surface area contributed by atoms with Gasteiger partial charge in [-0.15, -0.1) is 0 Å². The first-order chi connectivity index (χ1) is 8.94. The molecule has 3 nitrogen and oxygen atoms in total. The summed E-state index contributed by atoms with van der Waals surface area (Å²) >= 11 is 0. The summed E-state index contributed by atoms with van der Waals surface area (Å²) in [5.74, 6) is 0.871. The van der Waals surface area contributed by atoms with Crippen LogP contribution in [0.25, 0.3) is 0 Å². The lowest BCUT2D eigenvalue weighted by molar-refractivity contribution is 0.100. The molecule has 2 N–H and O–H groups in total. The van der Waals surface area contributed by atoms with Crippen LogP contribution in [0.1, 0.15) is 38.3 Å². The first-order valence-corrected chi connectivity index (χ1v) is 7.12. The molecule has 19 heavy (non-hydrogen) atoms. The Labute approximate surface area is 116 Å². The highest BCUT2D eigenvalue weighted by molar-refractivity contribution is 5.38. The zero-order valence-electron chi connectivity index (χ0n) is 12.2. The number of aliphatic hydroxyl groups excluding tert-OH is 1. The molecule has 1 unspecified atom stereocenters. The van der Waals surface area contributed by atoms with E-state index in [0.717, 1.165) is 12.2 Å². The number of benzene rings is 1. The van der Waals surface area contributed by atoms with Crippen molar-refractivity contribution in [1.82, 2.24) is 5.32 Å². The van der Waals surface area contributed by atoms with Crippen LogP contribution in [0.15, 0.2) is 18.2 Å².